The first-order chi connectivity index (χ1) is 13.5. The third kappa shape index (κ3) is 2.94. The van der Waals surface area contributed by atoms with E-state index in [1.165, 1.54) is 20.9 Å². The Kier molecular flexibility index (Phi) is 4.81. The molecular formula is C22H25N2O4+. The second-order valence-corrected chi connectivity index (χ2v) is 7.34. The zero-order valence-electron chi connectivity index (χ0n) is 16.5. The summed E-state index contributed by atoms with van der Waals surface area (Å²) in [6, 6.07) is 11.4. The third-order valence-corrected chi connectivity index (χ3v) is 5.97. The van der Waals surface area contributed by atoms with Crippen LogP contribution in [0, 0.1) is 0 Å². The third-order valence-electron chi connectivity index (χ3n) is 5.97. The Balaban J connectivity index is 1.49. The summed E-state index contributed by atoms with van der Waals surface area (Å²) in [6.07, 6.45) is 0.928. The van der Waals surface area contributed by atoms with Crippen LogP contribution in [0.5, 0.6) is 11.5 Å². The van der Waals surface area contributed by atoms with E-state index < -0.39 is 0 Å². The number of carbonyl (C=O) groups excluding carboxylic acids is 2. The predicted octanol–water partition coefficient (Wildman–Crippen LogP) is 1.50. The number of fused-ring (bicyclic) bond motifs is 2. The molecule has 2 atom stereocenters. The van der Waals surface area contributed by atoms with Crippen molar-refractivity contribution >= 4 is 11.8 Å². The maximum atomic E-state index is 12.6. The monoisotopic (exact) mass is 381 g/mol. The fourth-order valence-corrected chi connectivity index (χ4v) is 4.33. The van der Waals surface area contributed by atoms with Crippen LogP contribution in [0.3, 0.4) is 0 Å². The fourth-order valence-electron chi connectivity index (χ4n) is 4.33. The smallest absolute Gasteiger partial charge is 0.261 e. The molecule has 0 saturated heterocycles. The number of hydrogen-bond donors (Lipinski definition) is 1. The van der Waals surface area contributed by atoms with Gasteiger partial charge in [-0.05, 0) is 36.8 Å². The molecule has 1 N–H and O–H groups in total. The van der Waals surface area contributed by atoms with E-state index in [2.05, 4.69) is 19.1 Å². The summed E-state index contributed by atoms with van der Waals surface area (Å²) in [6.45, 7) is 4.28. The van der Waals surface area contributed by atoms with E-state index >= 15 is 0 Å². The summed E-state index contributed by atoms with van der Waals surface area (Å²) in [4.78, 5) is 27.9. The topological polar surface area (TPSA) is 60.3 Å². The molecule has 2 amide bonds. The van der Waals surface area contributed by atoms with Crippen LogP contribution >= 0.6 is 0 Å². The molecule has 2 aliphatic heterocycles. The standard InChI is InChI=1S/C22H24N2O4/c1-14-18-13-20(28-3)19(27-2)12-15(18)8-9-23(14)10-11-24-21(25)16-6-4-5-7-17(16)22(24)26/h4-7,12-14H,8-11H2,1-3H3/p+1/t14-/m0/s1. The molecule has 28 heavy (non-hydrogen) atoms. The van der Waals surface area contributed by atoms with Gasteiger partial charge in [0, 0.05) is 12.0 Å². The normalized spacial score (nSPS) is 20.8. The molecule has 0 spiro atoms. The summed E-state index contributed by atoms with van der Waals surface area (Å²) in [5, 5.41) is 0. The lowest BCUT2D eigenvalue weighted by atomic mass is 9.93. The first kappa shape index (κ1) is 18.5. The first-order valence-electron chi connectivity index (χ1n) is 9.59. The predicted molar refractivity (Wildman–Crippen MR) is 104 cm³/mol. The van der Waals surface area contributed by atoms with Gasteiger partial charge in [0.1, 0.15) is 6.04 Å². The van der Waals surface area contributed by atoms with E-state index in [-0.39, 0.29) is 17.9 Å². The Hall–Kier alpha value is -2.86. The fraction of sp³-hybridized carbons (Fsp3) is 0.364. The number of nitrogens with zero attached hydrogens (tertiary/aromatic N) is 1. The van der Waals surface area contributed by atoms with Gasteiger partial charge in [0.25, 0.3) is 11.8 Å². The number of hydrogen-bond acceptors (Lipinski definition) is 4. The second kappa shape index (κ2) is 7.28. The molecular weight excluding hydrogens is 356 g/mol. The van der Waals surface area contributed by atoms with E-state index in [4.69, 9.17) is 9.47 Å². The summed E-state index contributed by atoms with van der Waals surface area (Å²) < 4.78 is 10.9. The van der Waals surface area contributed by atoms with E-state index in [9.17, 15) is 9.59 Å². The molecule has 2 aromatic carbocycles. The van der Waals surface area contributed by atoms with Gasteiger partial charge < -0.3 is 14.4 Å². The van der Waals surface area contributed by atoms with Crippen LogP contribution in [0.4, 0.5) is 0 Å². The molecule has 2 aliphatic rings. The quantitative estimate of drug-likeness (QED) is 0.798. The molecule has 2 heterocycles. The van der Waals surface area contributed by atoms with Gasteiger partial charge in [0.2, 0.25) is 0 Å². The van der Waals surface area contributed by atoms with Crippen molar-refractivity contribution in [3.05, 3.63) is 58.7 Å². The maximum absolute atomic E-state index is 12.6. The molecule has 0 bridgehead atoms. The van der Waals surface area contributed by atoms with E-state index in [1.807, 2.05) is 0 Å². The molecule has 6 nitrogen and oxygen atoms in total. The van der Waals surface area contributed by atoms with Crippen molar-refractivity contribution < 1.29 is 24.0 Å². The molecule has 0 fully saturated rings. The Morgan fingerprint density at radius 3 is 2.25 bits per heavy atom. The van der Waals surface area contributed by atoms with Gasteiger partial charge in [-0.25, -0.2) is 0 Å². The number of ether oxygens (including phenoxy) is 2. The lowest BCUT2D eigenvalue weighted by Crippen LogP contribution is -3.13. The molecule has 0 radical (unpaired) electrons. The minimum absolute atomic E-state index is 0.184. The average molecular weight is 381 g/mol. The van der Waals surface area contributed by atoms with E-state index in [1.54, 1.807) is 38.5 Å². The van der Waals surface area contributed by atoms with Gasteiger partial charge in [-0.15, -0.1) is 0 Å². The number of imide groups is 1. The van der Waals surface area contributed by atoms with Gasteiger partial charge in [0.05, 0.1) is 45.0 Å². The van der Waals surface area contributed by atoms with Gasteiger partial charge in [-0.3, -0.25) is 14.5 Å². The Morgan fingerprint density at radius 1 is 1.04 bits per heavy atom. The van der Waals surface area contributed by atoms with E-state index in [0.29, 0.717) is 17.7 Å². The van der Waals surface area contributed by atoms with E-state index in [0.717, 1.165) is 31.0 Å². The average Bonchev–Trinajstić information content (AvgIpc) is 2.97. The van der Waals surface area contributed by atoms with Crippen LogP contribution < -0.4 is 14.4 Å². The zero-order chi connectivity index (χ0) is 19.8. The van der Waals surface area contributed by atoms with Crippen LogP contribution in [-0.4, -0.2) is 50.6 Å². The largest absolute Gasteiger partial charge is 0.493 e. The maximum Gasteiger partial charge on any atom is 0.261 e. The molecule has 0 saturated carbocycles. The highest BCUT2D eigenvalue weighted by atomic mass is 16.5. The number of benzene rings is 2. The van der Waals surface area contributed by atoms with Crippen LogP contribution in [0.25, 0.3) is 0 Å². The lowest BCUT2D eigenvalue weighted by molar-refractivity contribution is -0.931. The van der Waals surface area contributed by atoms with Gasteiger partial charge >= 0.3 is 0 Å². The molecule has 4 rings (SSSR count). The van der Waals surface area contributed by atoms with Crippen molar-refractivity contribution in [3.63, 3.8) is 0 Å². The summed E-state index contributed by atoms with van der Waals surface area (Å²) in [5.41, 5.74) is 3.53. The van der Waals surface area contributed by atoms with Crippen LogP contribution in [0.2, 0.25) is 0 Å². The highest BCUT2D eigenvalue weighted by molar-refractivity contribution is 6.21. The van der Waals surface area contributed by atoms with Gasteiger partial charge in [0.15, 0.2) is 11.5 Å². The molecule has 1 unspecified atom stereocenters. The number of quaternary nitrogens is 1. The Bertz CT molecular complexity index is 905. The SMILES string of the molecule is COc1cc2c(cc1OC)[C@H](C)[NH+](CCN1C(=O)c3ccccc3C1=O)CC2. The molecule has 0 aliphatic carbocycles. The summed E-state index contributed by atoms with van der Waals surface area (Å²) in [5.74, 6) is 1.12. The Labute approximate surface area is 164 Å². The van der Waals surface area contributed by atoms with Gasteiger partial charge in [-0.2, -0.15) is 0 Å². The van der Waals surface area contributed by atoms with Crippen molar-refractivity contribution in [3.8, 4) is 11.5 Å². The van der Waals surface area contributed by atoms with Crippen molar-refractivity contribution in [2.75, 3.05) is 33.9 Å². The Morgan fingerprint density at radius 2 is 1.64 bits per heavy atom. The number of carbonyl (C=O) groups is 2. The minimum atomic E-state index is -0.184. The summed E-state index contributed by atoms with van der Waals surface area (Å²) >= 11 is 0. The zero-order valence-corrected chi connectivity index (χ0v) is 16.5. The molecule has 146 valence electrons. The molecule has 2 aromatic rings. The lowest BCUT2D eigenvalue weighted by Gasteiger charge is -2.33. The second-order valence-electron chi connectivity index (χ2n) is 7.34. The van der Waals surface area contributed by atoms with Gasteiger partial charge in [-0.1, -0.05) is 12.1 Å². The van der Waals surface area contributed by atoms with Crippen molar-refractivity contribution in [2.45, 2.75) is 19.4 Å². The van der Waals surface area contributed by atoms with Crippen molar-refractivity contribution in [2.24, 2.45) is 0 Å². The summed E-state index contributed by atoms with van der Waals surface area (Å²) in [7, 11) is 3.29. The molecule has 0 aromatic heterocycles. The molecule has 6 heteroatoms. The highest BCUT2D eigenvalue weighted by Crippen LogP contribution is 2.34. The highest BCUT2D eigenvalue weighted by Gasteiger charge is 2.36. The number of amides is 2. The van der Waals surface area contributed by atoms with Crippen LogP contribution in [0.1, 0.15) is 44.8 Å². The van der Waals surface area contributed by atoms with Crippen LogP contribution in [-0.2, 0) is 6.42 Å². The minimum Gasteiger partial charge on any atom is -0.493 e. The van der Waals surface area contributed by atoms with Crippen molar-refractivity contribution in [1.29, 1.82) is 0 Å². The number of methoxy groups -OCH3 is 2. The van der Waals surface area contributed by atoms with Crippen LogP contribution in [0.15, 0.2) is 36.4 Å². The number of rotatable bonds is 5. The first-order valence-corrected chi connectivity index (χ1v) is 9.59. The number of nitrogens with one attached hydrogen (secondary N) is 1. The van der Waals surface area contributed by atoms with Crippen molar-refractivity contribution in [1.82, 2.24) is 4.90 Å².